The molecule has 0 aliphatic rings. The summed E-state index contributed by atoms with van der Waals surface area (Å²) in [6.07, 6.45) is 0. The zero-order chi connectivity index (χ0) is 14.2. The maximum Gasteiger partial charge on any atom is 0.197 e. The molecule has 0 bridgehead atoms. The van der Waals surface area contributed by atoms with Crippen molar-refractivity contribution in [2.24, 2.45) is 0 Å². The summed E-state index contributed by atoms with van der Waals surface area (Å²) in [6.45, 7) is 1.91. The van der Waals surface area contributed by atoms with Crippen LogP contribution in [-0.2, 0) is 0 Å². The Labute approximate surface area is 137 Å². The SMILES string of the molecule is Cc1cccc(C(=O)c2cc(Cl)c(Br)cc2F)c1I. The van der Waals surface area contributed by atoms with Crippen LogP contribution in [0.25, 0.3) is 0 Å². The lowest BCUT2D eigenvalue weighted by atomic mass is 10.0. The first-order chi connectivity index (χ1) is 8.91. The van der Waals surface area contributed by atoms with Gasteiger partial charge in [0.2, 0.25) is 0 Å². The number of hydrogen-bond acceptors (Lipinski definition) is 1. The van der Waals surface area contributed by atoms with E-state index in [1.165, 1.54) is 12.1 Å². The predicted molar refractivity (Wildman–Crippen MR) is 86.4 cm³/mol. The van der Waals surface area contributed by atoms with E-state index >= 15 is 0 Å². The molecule has 0 heterocycles. The van der Waals surface area contributed by atoms with Crippen LogP contribution < -0.4 is 0 Å². The monoisotopic (exact) mass is 452 g/mol. The Morgan fingerprint density at radius 1 is 1.32 bits per heavy atom. The fourth-order valence-electron chi connectivity index (χ4n) is 1.66. The van der Waals surface area contributed by atoms with Crippen molar-refractivity contribution in [3.63, 3.8) is 0 Å². The van der Waals surface area contributed by atoms with Gasteiger partial charge in [-0.25, -0.2) is 4.39 Å². The number of carbonyl (C=O) groups is 1. The third-order valence-electron chi connectivity index (χ3n) is 2.69. The van der Waals surface area contributed by atoms with Crippen molar-refractivity contribution in [2.75, 3.05) is 0 Å². The minimum Gasteiger partial charge on any atom is -0.288 e. The van der Waals surface area contributed by atoms with Gasteiger partial charge < -0.3 is 0 Å². The van der Waals surface area contributed by atoms with Crippen molar-refractivity contribution in [2.45, 2.75) is 6.92 Å². The van der Waals surface area contributed by atoms with Crippen LogP contribution in [0.3, 0.4) is 0 Å². The van der Waals surface area contributed by atoms with Crippen LogP contribution in [0.4, 0.5) is 4.39 Å². The van der Waals surface area contributed by atoms with Gasteiger partial charge in [0, 0.05) is 13.6 Å². The highest BCUT2D eigenvalue weighted by molar-refractivity contribution is 14.1. The number of aryl methyl sites for hydroxylation is 1. The second-order valence-electron chi connectivity index (χ2n) is 4.01. The number of hydrogen-bond donors (Lipinski definition) is 0. The molecule has 2 rings (SSSR count). The minimum atomic E-state index is -0.585. The normalized spacial score (nSPS) is 10.6. The summed E-state index contributed by atoms with van der Waals surface area (Å²) in [5, 5.41) is 0.312. The van der Waals surface area contributed by atoms with Crippen molar-refractivity contribution in [3.05, 3.63) is 65.9 Å². The summed E-state index contributed by atoms with van der Waals surface area (Å²) in [7, 11) is 0. The zero-order valence-corrected chi connectivity index (χ0v) is 14.3. The average molecular weight is 453 g/mol. The van der Waals surface area contributed by atoms with Crippen LogP contribution in [0.2, 0.25) is 5.02 Å². The highest BCUT2D eigenvalue weighted by atomic mass is 127. The van der Waals surface area contributed by atoms with Crippen molar-refractivity contribution in [3.8, 4) is 0 Å². The Balaban J connectivity index is 2.56. The Kier molecular flexibility index (Phi) is 4.63. The molecule has 1 nitrogen and oxygen atoms in total. The molecule has 0 N–H and O–H groups in total. The summed E-state index contributed by atoms with van der Waals surface area (Å²) in [5.41, 5.74) is 1.45. The summed E-state index contributed by atoms with van der Waals surface area (Å²) in [5.74, 6) is -0.946. The van der Waals surface area contributed by atoms with Crippen LogP contribution in [0.5, 0.6) is 0 Å². The molecule has 0 saturated heterocycles. The van der Waals surface area contributed by atoms with Crippen LogP contribution >= 0.6 is 50.1 Å². The highest BCUT2D eigenvalue weighted by Crippen LogP contribution is 2.28. The summed E-state index contributed by atoms with van der Waals surface area (Å²) in [4.78, 5) is 12.4. The molecule has 0 saturated carbocycles. The number of benzene rings is 2. The summed E-state index contributed by atoms with van der Waals surface area (Å²) >= 11 is 11.1. The zero-order valence-electron chi connectivity index (χ0n) is 9.81. The van der Waals surface area contributed by atoms with Crippen LogP contribution in [-0.4, -0.2) is 5.78 Å². The highest BCUT2D eigenvalue weighted by Gasteiger charge is 2.18. The second-order valence-corrected chi connectivity index (χ2v) is 6.35. The molecule has 0 unspecified atom stereocenters. The molecule has 0 radical (unpaired) electrons. The van der Waals surface area contributed by atoms with Crippen molar-refractivity contribution < 1.29 is 9.18 Å². The van der Waals surface area contributed by atoms with Gasteiger partial charge in [-0.05, 0) is 69.2 Å². The van der Waals surface area contributed by atoms with Gasteiger partial charge in [-0.2, -0.15) is 0 Å². The van der Waals surface area contributed by atoms with Crippen molar-refractivity contribution >= 4 is 55.9 Å². The van der Waals surface area contributed by atoms with Crippen LogP contribution in [0.1, 0.15) is 21.5 Å². The number of ketones is 1. The largest absolute Gasteiger partial charge is 0.288 e. The first-order valence-corrected chi connectivity index (χ1v) is 7.61. The topological polar surface area (TPSA) is 17.1 Å². The Morgan fingerprint density at radius 3 is 2.68 bits per heavy atom. The first kappa shape index (κ1) is 14.9. The fourth-order valence-corrected chi connectivity index (χ4v) is 2.75. The molecule has 0 spiro atoms. The van der Waals surface area contributed by atoms with Crippen molar-refractivity contribution in [1.29, 1.82) is 0 Å². The van der Waals surface area contributed by atoms with E-state index in [-0.39, 0.29) is 11.3 Å². The average Bonchev–Trinajstić information content (AvgIpc) is 2.36. The standard InChI is InChI=1S/C14H8BrClFIO/c1-7-3-2-4-8(13(7)18)14(19)9-5-11(16)10(15)6-12(9)17/h2-6H,1H3. The third-order valence-corrected chi connectivity index (χ3v) is 5.32. The number of carbonyl (C=O) groups excluding carboxylic acids is 1. The lowest BCUT2D eigenvalue weighted by Gasteiger charge is -2.08. The fraction of sp³-hybridized carbons (Fsp3) is 0.0714. The van der Waals surface area contributed by atoms with E-state index in [0.29, 0.717) is 15.1 Å². The molecule has 0 aliphatic carbocycles. The van der Waals surface area contributed by atoms with Gasteiger partial charge in [0.15, 0.2) is 5.78 Å². The van der Waals surface area contributed by atoms with Crippen LogP contribution in [0, 0.1) is 16.3 Å². The molecule has 5 heteroatoms. The molecule has 0 aliphatic heterocycles. The quantitative estimate of drug-likeness (QED) is 0.339. The molecule has 2 aromatic rings. The van der Waals surface area contributed by atoms with Gasteiger partial charge in [0.25, 0.3) is 0 Å². The Hall–Kier alpha value is -0.460. The van der Waals surface area contributed by atoms with E-state index in [2.05, 4.69) is 38.5 Å². The van der Waals surface area contributed by atoms with E-state index in [0.717, 1.165) is 9.13 Å². The number of rotatable bonds is 2. The molecular formula is C14H8BrClFIO. The van der Waals surface area contributed by atoms with E-state index in [1.807, 2.05) is 13.0 Å². The van der Waals surface area contributed by atoms with Gasteiger partial charge in [-0.3, -0.25) is 4.79 Å². The van der Waals surface area contributed by atoms with E-state index in [1.54, 1.807) is 12.1 Å². The molecule has 0 amide bonds. The Morgan fingerprint density at radius 2 is 2.00 bits per heavy atom. The van der Waals surface area contributed by atoms with Gasteiger partial charge in [0.1, 0.15) is 5.82 Å². The van der Waals surface area contributed by atoms with E-state index < -0.39 is 5.82 Å². The number of halogens is 4. The van der Waals surface area contributed by atoms with E-state index in [9.17, 15) is 9.18 Å². The first-order valence-electron chi connectivity index (χ1n) is 5.36. The van der Waals surface area contributed by atoms with Gasteiger partial charge >= 0.3 is 0 Å². The molecule has 0 atom stereocenters. The molecule has 0 fully saturated rings. The Bertz CT molecular complexity index is 673. The minimum absolute atomic E-state index is 0.0169. The summed E-state index contributed by atoms with van der Waals surface area (Å²) < 4.78 is 15.1. The molecule has 2 aromatic carbocycles. The van der Waals surface area contributed by atoms with E-state index in [4.69, 9.17) is 11.6 Å². The van der Waals surface area contributed by atoms with Crippen molar-refractivity contribution in [1.82, 2.24) is 0 Å². The molecular weight excluding hydrogens is 445 g/mol. The molecule has 0 aromatic heterocycles. The predicted octanol–water partition coefficient (Wildman–Crippen LogP) is 5.39. The summed E-state index contributed by atoms with van der Waals surface area (Å²) in [6, 6.07) is 7.93. The lowest BCUT2D eigenvalue weighted by Crippen LogP contribution is -2.07. The van der Waals surface area contributed by atoms with Crippen LogP contribution in [0.15, 0.2) is 34.8 Å². The molecule has 19 heavy (non-hydrogen) atoms. The smallest absolute Gasteiger partial charge is 0.197 e. The third kappa shape index (κ3) is 3.01. The van der Waals surface area contributed by atoms with Gasteiger partial charge in [0.05, 0.1) is 10.6 Å². The maximum atomic E-state index is 13.9. The van der Waals surface area contributed by atoms with Gasteiger partial charge in [-0.15, -0.1) is 0 Å². The maximum absolute atomic E-state index is 13.9. The van der Waals surface area contributed by atoms with Gasteiger partial charge in [-0.1, -0.05) is 23.7 Å². The second kappa shape index (κ2) is 5.89. The lowest BCUT2D eigenvalue weighted by molar-refractivity contribution is 0.103. The molecule has 98 valence electrons.